The Morgan fingerprint density at radius 3 is 2.38 bits per heavy atom. The van der Waals surface area contributed by atoms with Crippen molar-refractivity contribution < 1.29 is 14.3 Å². The third-order valence-electron chi connectivity index (χ3n) is 2.34. The van der Waals surface area contributed by atoms with Crippen LogP contribution in [0.15, 0.2) is 24.3 Å². The molecule has 0 bridgehead atoms. The number of amides is 1. The van der Waals surface area contributed by atoms with Crippen LogP contribution >= 0.6 is 34.8 Å². The lowest BCUT2D eigenvalue weighted by molar-refractivity contribution is 0.113. The zero-order valence-corrected chi connectivity index (χ0v) is 14.1. The highest BCUT2D eigenvalue weighted by Gasteiger charge is 2.35. The van der Waals surface area contributed by atoms with Gasteiger partial charge in [-0.15, -0.1) is 0 Å². The third-order valence-corrected chi connectivity index (χ3v) is 2.99. The van der Waals surface area contributed by atoms with Crippen molar-refractivity contribution in [3.05, 3.63) is 24.3 Å². The van der Waals surface area contributed by atoms with Gasteiger partial charge in [0.1, 0.15) is 5.75 Å². The smallest absolute Gasteiger partial charge is 0.409 e. The van der Waals surface area contributed by atoms with Gasteiger partial charge in [-0.05, 0) is 26.0 Å². The van der Waals surface area contributed by atoms with Crippen molar-refractivity contribution in [2.75, 3.05) is 12.4 Å². The van der Waals surface area contributed by atoms with E-state index in [2.05, 4.69) is 10.6 Å². The SMILES string of the molecule is COc1ccccc1N[C@H](NC(=O)OC(C)C)C(Cl)(Cl)Cl. The fraction of sp³-hybridized carbons (Fsp3) is 0.462. The van der Waals surface area contributed by atoms with Gasteiger partial charge in [0.05, 0.1) is 18.9 Å². The minimum absolute atomic E-state index is 0.285. The molecule has 5 nitrogen and oxygen atoms in total. The van der Waals surface area contributed by atoms with Crippen molar-refractivity contribution in [1.82, 2.24) is 5.32 Å². The van der Waals surface area contributed by atoms with Gasteiger partial charge >= 0.3 is 6.09 Å². The van der Waals surface area contributed by atoms with Crippen molar-refractivity contribution >= 4 is 46.6 Å². The molecule has 0 aliphatic carbocycles. The summed E-state index contributed by atoms with van der Waals surface area (Å²) >= 11 is 17.6. The number of nitrogens with one attached hydrogen (secondary N) is 2. The summed E-state index contributed by atoms with van der Waals surface area (Å²) in [4.78, 5) is 11.7. The lowest BCUT2D eigenvalue weighted by atomic mass is 10.3. The molecule has 0 aliphatic rings. The van der Waals surface area contributed by atoms with Gasteiger partial charge in [0.15, 0.2) is 6.17 Å². The zero-order chi connectivity index (χ0) is 16.0. The molecule has 2 N–H and O–H groups in total. The van der Waals surface area contributed by atoms with E-state index in [1.165, 1.54) is 7.11 Å². The lowest BCUT2D eigenvalue weighted by Gasteiger charge is -2.28. The molecule has 0 saturated carbocycles. The summed E-state index contributed by atoms with van der Waals surface area (Å²) in [5, 5.41) is 5.37. The summed E-state index contributed by atoms with van der Waals surface area (Å²) in [6, 6.07) is 7.06. The number of carbonyl (C=O) groups is 1. The highest BCUT2D eigenvalue weighted by molar-refractivity contribution is 6.68. The topological polar surface area (TPSA) is 59.6 Å². The Morgan fingerprint density at radius 1 is 1.24 bits per heavy atom. The Hall–Kier alpha value is -1.04. The highest BCUT2D eigenvalue weighted by Crippen LogP contribution is 2.33. The first kappa shape index (κ1) is 18.0. The number of ether oxygens (including phenoxy) is 2. The van der Waals surface area contributed by atoms with Crippen molar-refractivity contribution in [2.24, 2.45) is 0 Å². The first-order chi connectivity index (χ1) is 9.74. The van der Waals surface area contributed by atoms with E-state index in [1.54, 1.807) is 38.1 Å². The molecule has 1 aromatic carbocycles. The number of carbonyl (C=O) groups excluding carboxylic acids is 1. The molecule has 1 atom stereocenters. The van der Waals surface area contributed by atoms with Gasteiger partial charge in [0, 0.05) is 0 Å². The summed E-state index contributed by atoms with van der Waals surface area (Å²) in [5.74, 6) is 0.552. The van der Waals surface area contributed by atoms with Crippen LogP contribution < -0.4 is 15.4 Å². The maximum Gasteiger partial charge on any atom is 0.409 e. The van der Waals surface area contributed by atoms with Crippen LogP contribution in [0.5, 0.6) is 5.75 Å². The maximum absolute atomic E-state index is 11.7. The Morgan fingerprint density at radius 2 is 1.86 bits per heavy atom. The van der Waals surface area contributed by atoms with Crippen molar-refractivity contribution in [3.8, 4) is 5.75 Å². The van der Waals surface area contributed by atoms with E-state index in [0.29, 0.717) is 11.4 Å². The number of rotatable bonds is 5. The molecule has 0 saturated heterocycles. The molecule has 1 amide bonds. The Kier molecular flexibility index (Phi) is 6.71. The van der Waals surface area contributed by atoms with E-state index in [4.69, 9.17) is 44.3 Å². The summed E-state index contributed by atoms with van der Waals surface area (Å²) < 4.78 is 8.38. The van der Waals surface area contributed by atoms with Gasteiger partial charge < -0.3 is 14.8 Å². The van der Waals surface area contributed by atoms with Crippen molar-refractivity contribution in [3.63, 3.8) is 0 Å². The number of alkyl halides is 3. The molecule has 118 valence electrons. The highest BCUT2D eigenvalue weighted by atomic mass is 35.6. The van der Waals surface area contributed by atoms with E-state index < -0.39 is 16.1 Å². The Labute approximate surface area is 138 Å². The van der Waals surface area contributed by atoms with Crippen LogP contribution in [0.3, 0.4) is 0 Å². The average Bonchev–Trinajstić information content (AvgIpc) is 2.36. The molecule has 0 fully saturated rings. The first-order valence-electron chi connectivity index (χ1n) is 6.17. The van der Waals surface area contributed by atoms with Crippen LogP contribution in [0.25, 0.3) is 0 Å². The largest absolute Gasteiger partial charge is 0.495 e. The van der Waals surface area contributed by atoms with Crippen LogP contribution in [-0.4, -0.2) is 29.3 Å². The second-order valence-corrected chi connectivity index (χ2v) is 6.79. The summed E-state index contributed by atoms with van der Waals surface area (Å²) in [6.45, 7) is 3.44. The fourth-order valence-electron chi connectivity index (χ4n) is 1.49. The number of hydrogen-bond acceptors (Lipinski definition) is 4. The van der Waals surface area contributed by atoms with Crippen molar-refractivity contribution in [1.29, 1.82) is 0 Å². The number of benzene rings is 1. The molecule has 1 aromatic rings. The standard InChI is InChI=1S/C13H17Cl3N2O3/c1-8(2)21-12(19)18-11(13(14,15)16)17-9-6-4-5-7-10(9)20-3/h4-8,11,17H,1-3H3,(H,18,19)/t11-/m1/s1. The van der Waals surface area contributed by atoms with Crippen LogP contribution in [-0.2, 0) is 4.74 Å². The fourth-order valence-corrected chi connectivity index (χ4v) is 1.81. The predicted octanol–water partition coefficient (Wildman–Crippen LogP) is 3.94. The second kappa shape index (κ2) is 7.82. The molecule has 0 aromatic heterocycles. The van der Waals surface area contributed by atoms with Crippen molar-refractivity contribution in [2.45, 2.75) is 29.9 Å². The number of methoxy groups -OCH3 is 1. The average molecular weight is 356 g/mol. The molecule has 0 heterocycles. The monoisotopic (exact) mass is 354 g/mol. The minimum atomic E-state index is -1.78. The lowest BCUT2D eigenvalue weighted by Crippen LogP contribution is -2.49. The van der Waals surface area contributed by atoms with Gasteiger partial charge in [-0.1, -0.05) is 46.9 Å². The van der Waals surface area contributed by atoms with E-state index in [0.717, 1.165) is 0 Å². The van der Waals surface area contributed by atoms with Gasteiger partial charge in [-0.3, -0.25) is 5.32 Å². The molecule has 0 radical (unpaired) electrons. The summed E-state index contributed by atoms with van der Waals surface area (Å²) in [7, 11) is 1.52. The van der Waals surface area contributed by atoms with Gasteiger partial charge in [0.25, 0.3) is 0 Å². The molecule has 0 aliphatic heterocycles. The zero-order valence-electron chi connectivity index (χ0n) is 11.8. The van der Waals surface area contributed by atoms with Crippen LogP contribution in [0, 0.1) is 0 Å². The second-order valence-electron chi connectivity index (χ2n) is 4.42. The number of anilines is 1. The summed E-state index contributed by atoms with van der Waals surface area (Å²) in [6.07, 6.45) is -1.97. The molecular formula is C13H17Cl3N2O3. The maximum atomic E-state index is 11.7. The Balaban J connectivity index is 2.87. The first-order valence-corrected chi connectivity index (χ1v) is 7.31. The molecular weight excluding hydrogens is 339 g/mol. The molecule has 1 rings (SSSR count). The van der Waals surface area contributed by atoms with Crippen LogP contribution in [0.2, 0.25) is 0 Å². The van der Waals surface area contributed by atoms with E-state index >= 15 is 0 Å². The van der Waals surface area contributed by atoms with E-state index in [-0.39, 0.29) is 6.10 Å². The van der Waals surface area contributed by atoms with E-state index in [1.807, 2.05) is 0 Å². The number of para-hydroxylation sites is 2. The Bertz CT molecular complexity index is 478. The van der Waals surface area contributed by atoms with Crippen LogP contribution in [0.4, 0.5) is 10.5 Å². The van der Waals surface area contributed by atoms with E-state index in [9.17, 15) is 4.79 Å². The minimum Gasteiger partial charge on any atom is -0.495 e. The summed E-state index contributed by atoms with van der Waals surface area (Å²) in [5.41, 5.74) is 0.571. The van der Waals surface area contributed by atoms with Gasteiger partial charge in [0.2, 0.25) is 3.79 Å². The number of alkyl carbamates (subject to hydrolysis) is 1. The predicted molar refractivity (Wildman–Crippen MR) is 85.4 cm³/mol. The number of hydrogen-bond donors (Lipinski definition) is 2. The quantitative estimate of drug-likeness (QED) is 0.620. The molecule has 0 spiro atoms. The number of halogens is 3. The molecule has 0 unspecified atom stereocenters. The van der Waals surface area contributed by atoms with Crippen LogP contribution in [0.1, 0.15) is 13.8 Å². The molecule has 21 heavy (non-hydrogen) atoms. The van der Waals surface area contributed by atoms with Gasteiger partial charge in [-0.25, -0.2) is 4.79 Å². The molecule has 8 heteroatoms. The normalized spacial score (nSPS) is 12.7. The van der Waals surface area contributed by atoms with Gasteiger partial charge in [-0.2, -0.15) is 0 Å². The third kappa shape index (κ3) is 6.08.